The summed E-state index contributed by atoms with van der Waals surface area (Å²) in [5.41, 5.74) is 25.7. The zero-order chi connectivity index (χ0) is 50.8. The molecule has 13 N–H and O–H groups in total. The van der Waals surface area contributed by atoms with Gasteiger partial charge in [0.15, 0.2) is 11.6 Å². The molecule has 0 spiro atoms. The molecule has 2 aromatic rings. The van der Waals surface area contributed by atoms with Crippen LogP contribution in [-0.2, 0) is 41.6 Å². The number of hydrogen-bond acceptors (Lipinski definition) is 12. The summed E-state index contributed by atoms with van der Waals surface area (Å²) in [6, 6.07) is 15.7. The highest BCUT2D eigenvalue weighted by molar-refractivity contribution is 5.95. The van der Waals surface area contributed by atoms with Gasteiger partial charge in [-0.1, -0.05) is 94.8 Å². The second kappa shape index (κ2) is 36.4. The summed E-state index contributed by atoms with van der Waals surface area (Å²) < 4.78 is 0. The van der Waals surface area contributed by atoms with Gasteiger partial charge in [0.05, 0.1) is 18.1 Å². The lowest BCUT2D eigenvalue weighted by Crippen LogP contribution is -2.56. The summed E-state index contributed by atoms with van der Waals surface area (Å²) in [5.74, 6) is -3.13. The molecule has 16 nitrogen and oxygen atoms in total. The van der Waals surface area contributed by atoms with Crippen molar-refractivity contribution in [2.75, 3.05) is 58.9 Å². The minimum absolute atomic E-state index is 0.0489. The standard InChI is InChI=1S/C46H73N9O6.C7H17N/c1-32(2)27-40(54-44(59)36(28-33-13-5-3-6-14-33)31-41(56)38(50)29-34-15-7-4-8-16-34)42(57)30-35(17-11-20-47)43(58)52-22-10-9-19-39(46(61)55-25-23-51-24-26-55)53-45(60)37(49)18-12-21-48;1-3-5-7-8-6-4-2/h3-8,13-16,32,35-40,51H,9-12,17-31,47-50H2,1-2H3,(H,52,58)(H,53,60)(H,54,59);8H,3-7H2,1-2H3/t35-,36-,37+,38+,39-,40+;/m0./s1. The van der Waals surface area contributed by atoms with Gasteiger partial charge in [-0.15, -0.1) is 0 Å². The summed E-state index contributed by atoms with van der Waals surface area (Å²) in [7, 11) is 0. The predicted octanol–water partition coefficient (Wildman–Crippen LogP) is 3.28. The van der Waals surface area contributed by atoms with Gasteiger partial charge in [-0.25, -0.2) is 0 Å². The summed E-state index contributed by atoms with van der Waals surface area (Å²) in [6.45, 7) is 14.2. The zero-order valence-corrected chi connectivity index (χ0v) is 42.5. The topological polar surface area (TPSA) is 270 Å². The highest BCUT2D eigenvalue weighted by Gasteiger charge is 2.32. The summed E-state index contributed by atoms with van der Waals surface area (Å²) >= 11 is 0. The Morgan fingerprint density at radius 3 is 1.80 bits per heavy atom. The Labute approximate surface area is 413 Å². The van der Waals surface area contributed by atoms with Gasteiger partial charge in [0, 0.05) is 57.4 Å². The molecule has 0 aromatic heterocycles. The van der Waals surface area contributed by atoms with Crippen LogP contribution in [0, 0.1) is 17.8 Å². The number of hydrogen-bond donors (Lipinski definition) is 9. The molecule has 0 aliphatic carbocycles. The fourth-order valence-corrected chi connectivity index (χ4v) is 8.18. The van der Waals surface area contributed by atoms with Gasteiger partial charge >= 0.3 is 0 Å². The van der Waals surface area contributed by atoms with Crippen LogP contribution in [-0.4, -0.2) is 123 Å². The van der Waals surface area contributed by atoms with Gasteiger partial charge in [-0.05, 0) is 120 Å². The molecule has 1 aliphatic heterocycles. The van der Waals surface area contributed by atoms with Crippen molar-refractivity contribution in [3.05, 3.63) is 71.8 Å². The van der Waals surface area contributed by atoms with Crippen molar-refractivity contribution in [3.63, 3.8) is 0 Å². The summed E-state index contributed by atoms with van der Waals surface area (Å²) in [4.78, 5) is 83.2. The smallest absolute Gasteiger partial charge is 0.245 e. The van der Waals surface area contributed by atoms with Crippen molar-refractivity contribution in [1.29, 1.82) is 0 Å². The van der Waals surface area contributed by atoms with E-state index in [-0.39, 0.29) is 42.1 Å². The maximum absolute atomic E-state index is 14.1. The van der Waals surface area contributed by atoms with Gasteiger partial charge in [-0.2, -0.15) is 0 Å². The van der Waals surface area contributed by atoms with Crippen molar-refractivity contribution in [2.45, 2.75) is 148 Å². The third-order valence-electron chi connectivity index (χ3n) is 12.3. The molecule has 6 atom stereocenters. The number of amides is 4. The quantitative estimate of drug-likeness (QED) is 0.0458. The molecule has 0 bridgehead atoms. The molecule has 16 heteroatoms. The van der Waals surface area contributed by atoms with Crippen molar-refractivity contribution in [1.82, 2.24) is 31.5 Å². The Kier molecular flexibility index (Phi) is 31.9. The molecule has 0 unspecified atom stereocenters. The lowest BCUT2D eigenvalue weighted by molar-refractivity contribution is -0.137. The Morgan fingerprint density at radius 1 is 0.609 bits per heavy atom. The molecule has 2 aromatic carbocycles. The first-order valence-corrected chi connectivity index (χ1v) is 25.9. The van der Waals surface area contributed by atoms with E-state index in [0.29, 0.717) is 110 Å². The predicted molar refractivity (Wildman–Crippen MR) is 277 cm³/mol. The van der Waals surface area contributed by atoms with Crippen molar-refractivity contribution >= 4 is 35.2 Å². The zero-order valence-electron chi connectivity index (χ0n) is 42.5. The minimum atomic E-state index is -0.865. The van der Waals surface area contributed by atoms with E-state index in [4.69, 9.17) is 22.9 Å². The van der Waals surface area contributed by atoms with E-state index < -0.39 is 47.8 Å². The Morgan fingerprint density at radius 2 is 1.20 bits per heavy atom. The minimum Gasteiger partial charge on any atom is -0.356 e. The van der Waals surface area contributed by atoms with Crippen LogP contribution < -0.4 is 49.5 Å². The van der Waals surface area contributed by atoms with E-state index in [0.717, 1.165) is 11.1 Å². The van der Waals surface area contributed by atoms with Crippen LogP contribution in [0.25, 0.3) is 0 Å². The molecular weight excluding hydrogens is 873 g/mol. The van der Waals surface area contributed by atoms with E-state index in [2.05, 4.69) is 40.4 Å². The lowest BCUT2D eigenvalue weighted by Gasteiger charge is -2.31. The molecule has 0 radical (unpaired) electrons. The lowest BCUT2D eigenvalue weighted by atomic mass is 9.88. The first-order chi connectivity index (χ1) is 33.2. The molecule has 388 valence electrons. The first kappa shape index (κ1) is 60.5. The highest BCUT2D eigenvalue weighted by Crippen LogP contribution is 2.20. The van der Waals surface area contributed by atoms with Gasteiger partial charge in [0.1, 0.15) is 6.04 Å². The number of rotatable bonds is 34. The number of nitrogens with one attached hydrogen (secondary N) is 5. The van der Waals surface area contributed by atoms with Gasteiger partial charge in [0.25, 0.3) is 0 Å². The molecule has 4 amide bonds. The second-order valence-electron chi connectivity index (χ2n) is 18.9. The van der Waals surface area contributed by atoms with Gasteiger partial charge in [-0.3, -0.25) is 28.8 Å². The average Bonchev–Trinajstić information content (AvgIpc) is 3.35. The molecule has 69 heavy (non-hydrogen) atoms. The second-order valence-corrected chi connectivity index (χ2v) is 18.9. The fourth-order valence-electron chi connectivity index (χ4n) is 8.18. The van der Waals surface area contributed by atoms with E-state index in [9.17, 15) is 28.8 Å². The number of benzene rings is 2. The maximum atomic E-state index is 14.1. The van der Waals surface area contributed by atoms with E-state index in [1.165, 1.54) is 32.4 Å². The van der Waals surface area contributed by atoms with Crippen LogP contribution in [0.15, 0.2) is 60.7 Å². The van der Waals surface area contributed by atoms with Crippen molar-refractivity contribution in [2.24, 2.45) is 40.7 Å². The summed E-state index contributed by atoms with van der Waals surface area (Å²) in [5, 5.41) is 15.4. The SMILES string of the molecule is CC(C)C[C@@H](NC(=O)[C@H](CC(=O)[C@H](N)Cc1ccccc1)Cc1ccccc1)C(=O)C[C@H](CCCN)C(=O)NCCCC[C@H](NC(=O)[C@H](N)CCCN)C(=O)N1CCNCC1.CCCCNCCC. The molecule has 1 heterocycles. The fraction of sp³-hybridized carbons (Fsp3) is 0.660. The van der Waals surface area contributed by atoms with Crippen molar-refractivity contribution < 1.29 is 28.8 Å². The number of carbonyl (C=O) groups excluding carboxylic acids is 6. The number of nitrogens with two attached hydrogens (primary N) is 4. The molecule has 1 saturated heterocycles. The van der Waals surface area contributed by atoms with Crippen LogP contribution in [0.3, 0.4) is 0 Å². The third-order valence-corrected chi connectivity index (χ3v) is 12.3. The van der Waals surface area contributed by atoms with Crippen LogP contribution in [0.1, 0.15) is 122 Å². The number of unbranched alkanes of at least 4 members (excludes halogenated alkanes) is 2. The normalized spacial score (nSPS) is 15.1. The Hall–Kier alpha value is -4.58. The van der Waals surface area contributed by atoms with E-state index in [1.54, 1.807) is 4.90 Å². The summed E-state index contributed by atoms with van der Waals surface area (Å²) in [6.07, 6.45) is 8.07. The van der Waals surface area contributed by atoms with Gasteiger partial charge in [0.2, 0.25) is 23.6 Å². The number of ketones is 2. The number of nitrogens with zero attached hydrogens (tertiary/aromatic N) is 1. The van der Waals surface area contributed by atoms with Crippen LogP contribution in [0.4, 0.5) is 0 Å². The average molecular weight is 963 g/mol. The van der Waals surface area contributed by atoms with E-state index in [1.807, 2.05) is 74.5 Å². The van der Waals surface area contributed by atoms with Gasteiger partial charge < -0.3 is 54.4 Å². The van der Waals surface area contributed by atoms with Crippen molar-refractivity contribution in [3.8, 4) is 0 Å². The Bertz CT molecular complexity index is 1740. The monoisotopic (exact) mass is 963 g/mol. The molecule has 0 saturated carbocycles. The molecule has 1 fully saturated rings. The number of piperazine rings is 1. The maximum Gasteiger partial charge on any atom is 0.245 e. The largest absolute Gasteiger partial charge is 0.356 e. The highest BCUT2D eigenvalue weighted by atomic mass is 16.2. The van der Waals surface area contributed by atoms with Crippen LogP contribution in [0.5, 0.6) is 0 Å². The number of Topliss-reactive ketones (excluding diaryl/α,β-unsaturated/α-hetero) is 2. The van der Waals surface area contributed by atoms with Crippen LogP contribution in [0.2, 0.25) is 0 Å². The first-order valence-electron chi connectivity index (χ1n) is 25.9. The van der Waals surface area contributed by atoms with E-state index >= 15 is 0 Å². The molecular formula is C53H90N10O6. The Balaban J connectivity index is 0.00000186. The molecule has 1 aliphatic rings. The third kappa shape index (κ3) is 25.7. The number of carbonyl (C=O) groups is 6. The van der Waals surface area contributed by atoms with Crippen LogP contribution >= 0.6 is 0 Å². The molecule has 3 rings (SSSR count).